The third-order valence-corrected chi connectivity index (χ3v) is 2.73. The number of hydroxylamine groups is 2. The zero-order chi connectivity index (χ0) is 12.4. The number of carbonyl (C=O) groups is 1. The number of hydrogen-bond acceptors (Lipinski definition) is 2. The Morgan fingerprint density at radius 1 is 1.35 bits per heavy atom. The van der Waals surface area contributed by atoms with Crippen molar-refractivity contribution in [2.75, 3.05) is 13.2 Å². The van der Waals surface area contributed by atoms with Crippen molar-refractivity contribution in [2.24, 2.45) is 0 Å². The maximum Gasteiger partial charge on any atom is 0.283 e. The molecule has 3 nitrogen and oxygen atoms in total. The fourth-order valence-electron chi connectivity index (χ4n) is 1.73. The molecular weight excluding hydrogens is 228 g/mol. The Morgan fingerprint density at radius 2 is 2.12 bits per heavy atom. The standard InChI is InChI=1S/C12H13F2NO2/c1-8-4-5-9(13)10(11(8)14)12(16)15-6-2-3-7-17-15/h4-5H,2-3,6-7H2,1H3. The van der Waals surface area contributed by atoms with Crippen LogP contribution < -0.4 is 0 Å². The topological polar surface area (TPSA) is 29.5 Å². The molecule has 0 saturated carbocycles. The Bertz CT molecular complexity index is 442. The molecule has 1 saturated heterocycles. The van der Waals surface area contributed by atoms with Crippen LogP contribution >= 0.6 is 0 Å². The van der Waals surface area contributed by atoms with Crippen LogP contribution in [0.5, 0.6) is 0 Å². The van der Waals surface area contributed by atoms with E-state index in [1.807, 2.05) is 0 Å². The van der Waals surface area contributed by atoms with Gasteiger partial charge in [-0.15, -0.1) is 0 Å². The number of halogens is 2. The summed E-state index contributed by atoms with van der Waals surface area (Å²) in [7, 11) is 0. The van der Waals surface area contributed by atoms with E-state index in [0.717, 1.165) is 24.0 Å². The Kier molecular flexibility index (Phi) is 3.38. The van der Waals surface area contributed by atoms with Gasteiger partial charge in [-0.05, 0) is 31.4 Å². The third-order valence-electron chi connectivity index (χ3n) is 2.73. The molecule has 0 aromatic heterocycles. The lowest BCUT2D eigenvalue weighted by atomic mass is 10.1. The van der Waals surface area contributed by atoms with Crippen LogP contribution in [0.3, 0.4) is 0 Å². The molecule has 92 valence electrons. The number of carbonyl (C=O) groups excluding carboxylic acids is 1. The molecule has 5 heteroatoms. The summed E-state index contributed by atoms with van der Waals surface area (Å²) >= 11 is 0. The monoisotopic (exact) mass is 241 g/mol. The van der Waals surface area contributed by atoms with Gasteiger partial charge in [-0.2, -0.15) is 0 Å². The number of nitrogens with zero attached hydrogens (tertiary/aromatic N) is 1. The quantitative estimate of drug-likeness (QED) is 0.755. The van der Waals surface area contributed by atoms with Gasteiger partial charge < -0.3 is 0 Å². The summed E-state index contributed by atoms with van der Waals surface area (Å²) in [4.78, 5) is 17.0. The zero-order valence-corrected chi connectivity index (χ0v) is 9.50. The van der Waals surface area contributed by atoms with Crippen LogP contribution in [-0.2, 0) is 4.84 Å². The lowest BCUT2D eigenvalue weighted by molar-refractivity contribution is -0.144. The van der Waals surface area contributed by atoms with Crippen LogP contribution in [-0.4, -0.2) is 24.1 Å². The lowest BCUT2D eigenvalue weighted by Crippen LogP contribution is -2.36. The molecule has 0 N–H and O–H groups in total. The largest absolute Gasteiger partial charge is 0.283 e. The minimum atomic E-state index is -0.854. The molecule has 0 aliphatic carbocycles. The minimum Gasteiger partial charge on any atom is -0.271 e. The van der Waals surface area contributed by atoms with Gasteiger partial charge in [0.05, 0.1) is 6.61 Å². The SMILES string of the molecule is Cc1ccc(F)c(C(=O)N2CCCCO2)c1F. The highest BCUT2D eigenvalue weighted by Crippen LogP contribution is 2.20. The molecule has 0 bridgehead atoms. The van der Waals surface area contributed by atoms with Crippen molar-refractivity contribution in [3.05, 3.63) is 34.9 Å². The van der Waals surface area contributed by atoms with Crippen molar-refractivity contribution in [3.63, 3.8) is 0 Å². The first-order valence-electron chi connectivity index (χ1n) is 5.50. The fourth-order valence-corrected chi connectivity index (χ4v) is 1.73. The van der Waals surface area contributed by atoms with Gasteiger partial charge in [0.25, 0.3) is 5.91 Å². The summed E-state index contributed by atoms with van der Waals surface area (Å²) < 4.78 is 27.2. The van der Waals surface area contributed by atoms with Crippen LogP contribution in [0.4, 0.5) is 8.78 Å². The predicted molar refractivity (Wildman–Crippen MR) is 57.3 cm³/mol. The van der Waals surface area contributed by atoms with E-state index >= 15 is 0 Å². The Balaban J connectivity index is 2.32. The summed E-state index contributed by atoms with van der Waals surface area (Å²) in [6.07, 6.45) is 1.63. The molecule has 1 aromatic carbocycles. The number of amides is 1. The van der Waals surface area contributed by atoms with Crippen LogP contribution in [0.25, 0.3) is 0 Å². The van der Waals surface area contributed by atoms with E-state index in [1.165, 1.54) is 13.0 Å². The summed E-state index contributed by atoms with van der Waals surface area (Å²) in [5.74, 6) is -2.42. The molecule has 2 rings (SSSR count). The first-order valence-corrected chi connectivity index (χ1v) is 5.50. The maximum absolute atomic E-state index is 13.7. The molecule has 1 fully saturated rings. The molecule has 0 spiro atoms. The molecule has 0 unspecified atom stereocenters. The van der Waals surface area contributed by atoms with Crippen LogP contribution in [0.2, 0.25) is 0 Å². The number of hydrogen-bond donors (Lipinski definition) is 0. The number of aryl methyl sites for hydroxylation is 1. The van der Waals surface area contributed by atoms with Crippen LogP contribution in [0.1, 0.15) is 28.8 Å². The second-order valence-electron chi connectivity index (χ2n) is 4.00. The second kappa shape index (κ2) is 4.79. The summed E-state index contributed by atoms with van der Waals surface area (Å²) in [5.41, 5.74) is -0.293. The van der Waals surface area contributed by atoms with E-state index < -0.39 is 23.1 Å². The van der Waals surface area contributed by atoms with Crippen molar-refractivity contribution in [1.82, 2.24) is 5.06 Å². The molecule has 1 aromatic rings. The van der Waals surface area contributed by atoms with Gasteiger partial charge in [0.1, 0.15) is 17.2 Å². The van der Waals surface area contributed by atoms with Crippen molar-refractivity contribution < 1.29 is 18.4 Å². The van der Waals surface area contributed by atoms with Crippen molar-refractivity contribution in [3.8, 4) is 0 Å². The normalized spacial score (nSPS) is 16.1. The van der Waals surface area contributed by atoms with Crippen LogP contribution in [0, 0.1) is 18.6 Å². The van der Waals surface area contributed by atoms with Crippen molar-refractivity contribution >= 4 is 5.91 Å². The highest BCUT2D eigenvalue weighted by Gasteiger charge is 2.26. The third kappa shape index (κ3) is 2.29. The zero-order valence-electron chi connectivity index (χ0n) is 9.50. The molecule has 1 amide bonds. The summed E-state index contributed by atoms with van der Waals surface area (Å²) in [5, 5.41) is 1.03. The lowest BCUT2D eigenvalue weighted by Gasteiger charge is -2.26. The first-order chi connectivity index (χ1) is 8.11. The van der Waals surface area contributed by atoms with Gasteiger partial charge in [-0.1, -0.05) is 6.07 Å². The van der Waals surface area contributed by atoms with Gasteiger partial charge in [-0.3, -0.25) is 9.63 Å². The molecule has 0 atom stereocenters. The average Bonchev–Trinajstić information content (AvgIpc) is 2.35. The summed E-state index contributed by atoms with van der Waals surface area (Å²) in [6, 6.07) is 2.40. The van der Waals surface area contributed by atoms with Crippen LogP contribution in [0.15, 0.2) is 12.1 Å². The van der Waals surface area contributed by atoms with Gasteiger partial charge in [0, 0.05) is 6.54 Å². The van der Waals surface area contributed by atoms with E-state index in [0.29, 0.717) is 13.2 Å². The van der Waals surface area contributed by atoms with Gasteiger partial charge in [0.15, 0.2) is 0 Å². The van der Waals surface area contributed by atoms with Crippen molar-refractivity contribution in [1.29, 1.82) is 0 Å². The predicted octanol–water partition coefficient (Wildman–Crippen LogP) is 2.44. The summed E-state index contributed by atoms with van der Waals surface area (Å²) in [6.45, 7) is 2.26. The highest BCUT2D eigenvalue weighted by molar-refractivity contribution is 5.94. The Labute approximate surface area is 97.9 Å². The molecule has 1 aliphatic heterocycles. The number of rotatable bonds is 1. The molecule has 1 aliphatic rings. The first kappa shape index (κ1) is 12.0. The van der Waals surface area contributed by atoms with E-state index in [9.17, 15) is 13.6 Å². The van der Waals surface area contributed by atoms with E-state index in [-0.39, 0.29) is 5.56 Å². The molecule has 0 radical (unpaired) electrons. The highest BCUT2D eigenvalue weighted by atomic mass is 19.1. The maximum atomic E-state index is 13.7. The molecule has 17 heavy (non-hydrogen) atoms. The average molecular weight is 241 g/mol. The van der Waals surface area contributed by atoms with Crippen molar-refractivity contribution in [2.45, 2.75) is 19.8 Å². The van der Waals surface area contributed by atoms with Gasteiger partial charge >= 0.3 is 0 Å². The fraction of sp³-hybridized carbons (Fsp3) is 0.417. The van der Waals surface area contributed by atoms with Gasteiger partial charge in [0.2, 0.25) is 0 Å². The Hall–Kier alpha value is -1.49. The molecule has 1 heterocycles. The second-order valence-corrected chi connectivity index (χ2v) is 4.00. The minimum absolute atomic E-state index is 0.242. The smallest absolute Gasteiger partial charge is 0.271 e. The molecular formula is C12H13F2NO2. The number of benzene rings is 1. The van der Waals surface area contributed by atoms with E-state index in [4.69, 9.17) is 4.84 Å². The Morgan fingerprint density at radius 3 is 2.76 bits per heavy atom. The van der Waals surface area contributed by atoms with Gasteiger partial charge in [-0.25, -0.2) is 13.8 Å². The van der Waals surface area contributed by atoms with E-state index in [2.05, 4.69) is 0 Å². The van der Waals surface area contributed by atoms with E-state index in [1.54, 1.807) is 0 Å².